The summed E-state index contributed by atoms with van der Waals surface area (Å²) >= 11 is 5.76. The van der Waals surface area contributed by atoms with Crippen LogP contribution in [-0.4, -0.2) is 27.4 Å². The van der Waals surface area contributed by atoms with Gasteiger partial charge in [0.25, 0.3) is 5.91 Å². The number of nitrogens with one attached hydrogen (secondary N) is 2. The lowest BCUT2D eigenvalue weighted by atomic mass is 10.0. The number of rotatable bonds is 7. The Morgan fingerprint density at radius 1 is 0.786 bits per heavy atom. The lowest BCUT2D eigenvalue weighted by molar-refractivity contribution is 0.0954. The maximum absolute atomic E-state index is 12.2. The van der Waals surface area contributed by atoms with Crippen molar-refractivity contribution in [3.05, 3.63) is 89.4 Å². The van der Waals surface area contributed by atoms with Crippen LogP contribution >= 0.6 is 11.6 Å². The number of hydrogen-bond acceptors (Lipinski definition) is 3. The van der Waals surface area contributed by atoms with Gasteiger partial charge in [-0.2, -0.15) is 0 Å². The summed E-state index contributed by atoms with van der Waals surface area (Å²) < 4.78 is 26.8. The molecule has 0 bridgehead atoms. The first kappa shape index (κ1) is 20.1. The van der Waals surface area contributed by atoms with Gasteiger partial charge in [0.2, 0.25) is 10.0 Å². The van der Waals surface area contributed by atoms with E-state index in [0.29, 0.717) is 10.6 Å². The normalized spacial score (nSPS) is 11.2. The van der Waals surface area contributed by atoms with Crippen molar-refractivity contribution >= 4 is 27.5 Å². The van der Waals surface area contributed by atoms with Crippen LogP contribution in [0.1, 0.15) is 10.4 Å². The number of carbonyl (C=O) groups excluding carboxylic acids is 1. The topological polar surface area (TPSA) is 75.3 Å². The SMILES string of the molecule is O=C(NCCNS(=O)(=O)c1ccc(Cl)cc1)c1ccc(-c2ccccc2)cc1. The predicted molar refractivity (Wildman–Crippen MR) is 111 cm³/mol. The second-order valence-corrected chi connectivity index (χ2v) is 8.25. The van der Waals surface area contributed by atoms with Gasteiger partial charge in [-0.15, -0.1) is 0 Å². The number of benzene rings is 3. The fourth-order valence-corrected chi connectivity index (χ4v) is 3.76. The minimum Gasteiger partial charge on any atom is -0.351 e. The quantitative estimate of drug-likeness (QED) is 0.578. The van der Waals surface area contributed by atoms with Crippen LogP contribution in [0.25, 0.3) is 11.1 Å². The molecule has 0 unspecified atom stereocenters. The van der Waals surface area contributed by atoms with Crippen molar-refractivity contribution in [2.45, 2.75) is 4.90 Å². The second kappa shape index (κ2) is 9.01. The van der Waals surface area contributed by atoms with E-state index in [9.17, 15) is 13.2 Å². The van der Waals surface area contributed by atoms with E-state index in [1.807, 2.05) is 42.5 Å². The average molecular weight is 415 g/mol. The summed E-state index contributed by atoms with van der Waals surface area (Å²) in [6, 6.07) is 23.0. The van der Waals surface area contributed by atoms with Crippen molar-refractivity contribution in [2.75, 3.05) is 13.1 Å². The number of amides is 1. The lowest BCUT2D eigenvalue weighted by Gasteiger charge is -2.09. The molecule has 28 heavy (non-hydrogen) atoms. The van der Waals surface area contributed by atoms with Gasteiger partial charge in [-0.1, -0.05) is 54.1 Å². The highest BCUT2D eigenvalue weighted by Gasteiger charge is 2.13. The number of carbonyl (C=O) groups is 1. The van der Waals surface area contributed by atoms with Gasteiger partial charge in [-0.05, 0) is 47.5 Å². The molecule has 0 aliphatic rings. The van der Waals surface area contributed by atoms with E-state index in [4.69, 9.17) is 11.6 Å². The Bertz CT molecular complexity index is 1040. The molecule has 0 aromatic heterocycles. The smallest absolute Gasteiger partial charge is 0.251 e. The third-order valence-corrected chi connectivity index (χ3v) is 5.81. The largest absolute Gasteiger partial charge is 0.351 e. The minimum atomic E-state index is -3.64. The average Bonchev–Trinajstić information content (AvgIpc) is 2.72. The number of sulfonamides is 1. The summed E-state index contributed by atoms with van der Waals surface area (Å²) in [5.41, 5.74) is 2.61. The standard InChI is InChI=1S/C21H19ClN2O3S/c22-19-10-12-20(13-11-19)28(26,27)24-15-14-23-21(25)18-8-6-17(7-9-18)16-4-2-1-3-5-16/h1-13,24H,14-15H2,(H,23,25). The van der Waals surface area contributed by atoms with Gasteiger partial charge < -0.3 is 5.32 Å². The Labute approximate surface area is 169 Å². The van der Waals surface area contributed by atoms with Crippen molar-refractivity contribution < 1.29 is 13.2 Å². The van der Waals surface area contributed by atoms with Gasteiger partial charge in [0.05, 0.1) is 4.90 Å². The van der Waals surface area contributed by atoms with E-state index in [1.54, 1.807) is 12.1 Å². The Balaban J connectivity index is 1.51. The molecule has 144 valence electrons. The second-order valence-electron chi connectivity index (χ2n) is 6.05. The van der Waals surface area contributed by atoms with Gasteiger partial charge in [0.1, 0.15) is 0 Å². The summed E-state index contributed by atoms with van der Waals surface area (Å²) in [6.07, 6.45) is 0. The van der Waals surface area contributed by atoms with Crippen LogP contribution in [0.2, 0.25) is 5.02 Å². The molecule has 0 fully saturated rings. The maximum Gasteiger partial charge on any atom is 0.251 e. The Morgan fingerprint density at radius 2 is 1.39 bits per heavy atom. The Hall–Kier alpha value is -2.67. The van der Waals surface area contributed by atoms with Crippen molar-refractivity contribution in [3.8, 4) is 11.1 Å². The van der Waals surface area contributed by atoms with Crippen LogP contribution in [0.5, 0.6) is 0 Å². The molecule has 0 radical (unpaired) electrons. The number of halogens is 1. The maximum atomic E-state index is 12.2. The van der Waals surface area contributed by atoms with Crippen LogP contribution < -0.4 is 10.0 Å². The molecule has 2 N–H and O–H groups in total. The Kier molecular flexibility index (Phi) is 6.46. The first-order valence-electron chi connectivity index (χ1n) is 8.65. The van der Waals surface area contributed by atoms with Gasteiger partial charge in [0, 0.05) is 23.7 Å². The van der Waals surface area contributed by atoms with E-state index in [0.717, 1.165) is 11.1 Å². The van der Waals surface area contributed by atoms with E-state index in [-0.39, 0.29) is 23.9 Å². The summed E-state index contributed by atoms with van der Waals surface area (Å²) in [7, 11) is -3.64. The van der Waals surface area contributed by atoms with E-state index in [1.165, 1.54) is 24.3 Å². The first-order valence-corrected chi connectivity index (χ1v) is 10.5. The molecule has 5 nitrogen and oxygen atoms in total. The van der Waals surface area contributed by atoms with E-state index < -0.39 is 10.0 Å². The molecule has 0 spiro atoms. The predicted octanol–water partition coefficient (Wildman–Crippen LogP) is 3.72. The third-order valence-electron chi connectivity index (χ3n) is 4.08. The number of hydrogen-bond donors (Lipinski definition) is 2. The molecule has 0 aliphatic carbocycles. The van der Waals surface area contributed by atoms with E-state index in [2.05, 4.69) is 10.0 Å². The van der Waals surface area contributed by atoms with Crippen molar-refractivity contribution in [2.24, 2.45) is 0 Å². The molecule has 0 atom stereocenters. The van der Waals surface area contributed by atoms with Gasteiger partial charge in [-0.25, -0.2) is 13.1 Å². The monoisotopic (exact) mass is 414 g/mol. The molecule has 7 heteroatoms. The van der Waals surface area contributed by atoms with E-state index >= 15 is 0 Å². The molecule has 0 aliphatic heterocycles. The zero-order valence-electron chi connectivity index (χ0n) is 14.9. The lowest BCUT2D eigenvalue weighted by Crippen LogP contribution is -2.34. The molecular weight excluding hydrogens is 396 g/mol. The molecule has 1 amide bonds. The van der Waals surface area contributed by atoms with Crippen molar-refractivity contribution in [1.82, 2.24) is 10.0 Å². The summed E-state index contributed by atoms with van der Waals surface area (Å²) in [5.74, 6) is -0.259. The van der Waals surface area contributed by atoms with Gasteiger partial charge in [0.15, 0.2) is 0 Å². The highest BCUT2D eigenvalue weighted by atomic mass is 35.5. The molecule has 0 saturated carbocycles. The summed E-state index contributed by atoms with van der Waals surface area (Å²) in [6.45, 7) is 0.255. The fourth-order valence-electron chi connectivity index (χ4n) is 2.61. The summed E-state index contributed by atoms with van der Waals surface area (Å²) in [5, 5.41) is 3.17. The van der Waals surface area contributed by atoms with Crippen LogP contribution in [0, 0.1) is 0 Å². The molecule has 0 heterocycles. The minimum absolute atomic E-state index is 0.0821. The fraction of sp³-hybridized carbons (Fsp3) is 0.0952. The zero-order valence-corrected chi connectivity index (χ0v) is 16.5. The first-order chi connectivity index (χ1) is 13.5. The zero-order chi connectivity index (χ0) is 20.0. The van der Waals surface area contributed by atoms with Crippen molar-refractivity contribution in [3.63, 3.8) is 0 Å². The summed E-state index contributed by atoms with van der Waals surface area (Å²) in [4.78, 5) is 12.3. The Morgan fingerprint density at radius 3 is 2.04 bits per heavy atom. The van der Waals surface area contributed by atoms with Crippen LogP contribution in [0.15, 0.2) is 83.8 Å². The van der Waals surface area contributed by atoms with Gasteiger partial charge in [-0.3, -0.25) is 4.79 Å². The molecule has 3 aromatic carbocycles. The van der Waals surface area contributed by atoms with Crippen molar-refractivity contribution in [1.29, 1.82) is 0 Å². The molecular formula is C21H19ClN2O3S. The highest BCUT2D eigenvalue weighted by Crippen LogP contribution is 2.19. The van der Waals surface area contributed by atoms with Gasteiger partial charge >= 0.3 is 0 Å². The van der Waals surface area contributed by atoms with Crippen LogP contribution in [0.4, 0.5) is 0 Å². The van der Waals surface area contributed by atoms with Crippen LogP contribution in [0.3, 0.4) is 0 Å². The van der Waals surface area contributed by atoms with Crippen LogP contribution in [-0.2, 0) is 10.0 Å². The highest BCUT2D eigenvalue weighted by molar-refractivity contribution is 7.89. The third kappa shape index (κ3) is 5.19. The molecule has 3 rings (SSSR count). The molecule has 3 aromatic rings. The molecule has 0 saturated heterocycles.